The van der Waals surface area contributed by atoms with Gasteiger partial charge in [-0.15, -0.1) is 0 Å². The van der Waals surface area contributed by atoms with Crippen molar-refractivity contribution in [2.75, 3.05) is 6.54 Å². The Morgan fingerprint density at radius 1 is 1.30 bits per heavy atom. The second kappa shape index (κ2) is 6.38. The van der Waals surface area contributed by atoms with Crippen LogP contribution in [0.1, 0.15) is 52.9 Å². The molecule has 3 rings (SSSR count). The number of alkyl halides is 3. The topological polar surface area (TPSA) is 75.7 Å². The Kier molecular flexibility index (Phi) is 4.71. The van der Waals surface area contributed by atoms with Crippen LogP contribution in [0, 0.1) is 17.3 Å². The van der Waals surface area contributed by atoms with E-state index in [0.29, 0.717) is 30.6 Å². The van der Waals surface area contributed by atoms with Crippen molar-refractivity contribution < 1.29 is 32.3 Å². The second-order valence-corrected chi connectivity index (χ2v) is 9.05. The molecule has 0 unspecified atom stereocenters. The van der Waals surface area contributed by atoms with Crippen LogP contribution in [0.4, 0.5) is 18.0 Å². The number of nitrogens with zero attached hydrogens (tertiary/aromatic N) is 1. The number of imide groups is 1. The third kappa shape index (κ3) is 4.06. The molecule has 9 heteroatoms. The van der Waals surface area contributed by atoms with Crippen molar-refractivity contribution in [1.82, 2.24) is 10.2 Å². The van der Waals surface area contributed by atoms with Gasteiger partial charge < -0.3 is 10.1 Å². The summed E-state index contributed by atoms with van der Waals surface area (Å²) in [5.41, 5.74) is -1.27. The first-order valence-corrected chi connectivity index (χ1v) is 9.23. The van der Waals surface area contributed by atoms with E-state index in [9.17, 15) is 27.6 Å². The SMILES string of the molecule is C[C@@H]1CC(C)(C)C[C@@]2(C1)NC(=O)N(CC(=O)O[C@H](C1CC1)C(F)(F)F)C2=O. The summed E-state index contributed by atoms with van der Waals surface area (Å²) in [6.07, 6.45) is -4.37. The molecule has 0 aromatic rings. The molecule has 2 aliphatic carbocycles. The first kappa shape index (κ1) is 19.9. The van der Waals surface area contributed by atoms with Crippen LogP contribution in [-0.4, -0.2) is 47.2 Å². The lowest BCUT2D eigenvalue weighted by Gasteiger charge is -2.43. The number of hydrogen-bond acceptors (Lipinski definition) is 4. The van der Waals surface area contributed by atoms with Crippen molar-refractivity contribution in [2.45, 2.75) is 70.7 Å². The maximum absolute atomic E-state index is 13.0. The van der Waals surface area contributed by atoms with Gasteiger partial charge in [-0.05, 0) is 43.4 Å². The summed E-state index contributed by atoms with van der Waals surface area (Å²) < 4.78 is 43.6. The number of carbonyl (C=O) groups excluding carboxylic acids is 3. The minimum absolute atomic E-state index is 0.176. The maximum atomic E-state index is 13.0. The number of urea groups is 1. The number of rotatable bonds is 4. The summed E-state index contributed by atoms with van der Waals surface area (Å²) >= 11 is 0. The smallest absolute Gasteiger partial charge is 0.425 e. The highest BCUT2D eigenvalue weighted by atomic mass is 19.4. The third-order valence-electron chi connectivity index (χ3n) is 5.54. The molecule has 1 saturated heterocycles. The molecule has 1 aliphatic heterocycles. The lowest BCUT2D eigenvalue weighted by Crippen LogP contribution is -2.54. The Bertz CT molecular complexity index is 659. The highest BCUT2D eigenvalue weighted by Crippen LogP contribution is 2.46. The van der Waals surface area contributed by atoms with Gasteiger partial charge in [-0.3, -0.25) is 14.5 Å². The summed E-state index contributed by atoms with van der Waals surface area (Å²) in [7, 11) is 0. The molecule has 1 spiro atoms. The van der Waals surface area contributed by atoms with Gasteiger partial charge in [-0.25, -0.2) is 4.79 Å². The Morgan fingerprint density at radius 3 is 2.44 bits per heavy atom. The van der Waals surface area contributed by atoms with Crippen molar-refractivity contribution >= 4 is 17.9 Å². The molecule has 0 aromatic heterocycles. The lowest BCUT2D eigenvalue weighted by atomic mass is 9.64. The maximum Gasteiger partial charge on any atom is 0.425 e. The zero-order chi connectivity index (χ0) is 20.2. The first-order chi connectivity index (χ1) is 12.3. The highest BCUT2D eigenvalue weighted by Gasteiger charge is 2.57. The van der Waals surface area contributed by atoms with Gasteiger partial charge in [0.1, 0.15) is 12.1 Å². The van der Waals surface area contributed by atoms with Crippen LogP contribution in [0.15, 0.2) is 0 Å². The van der Waals surface area contributed by atoms with Gasteiger partial charge in [0.15, 0.2) is 6.10 Å². The minimum atomic E-state index is -4.65. The molecule has 3 amide bonds. The van der Waals surface area contributed by atoms with Gasteiger partial charge in [-0.1, -0.05) is 20.8 Å². The standard InChI is InChI=1S/C18H25F3N2O4/c1-10-6-16(2,3)9-17(7-10)14(25)23(15(26)22-17)8-12(24)27-13(11-4-5-11)18(19,20)21/h10-11,13H,4-9H2,1-3H3,(H,22,26)/t10-,13-,17-/m1/s1. The van der Waals surface area contributed by atoms with Crippen molar-refractivity contribution in [3.8, 4) is 0 Å². The van der Waals surface area contributed by atoms with E-state index in [1.807, 2.05) is 20.8 Å². The van der Waals surface area contributed by atoms with Gasteiger partial charge in [0, 0.05) is 5.92 Å². The van der Waals surface area contributed by atoms with Crippen LogP contribution < -0.4 is 5.32 Å². The number of carbonyl (C=O) groups is 3. The molecule has 27 heavy (non-hydrogen) atoms. The van der Waals surface area contributed by atoms with E-state index in [1.165, 1.54) is 0 Å². The molecule has 3 atom stereocenters. The Hall–Kier alpha value is -1.80. The summed E-state index contributed by atoms with van der Waals surface area (Å²) in [5, 5.41) is 2.69. The third-order valence-corrected chi connectivity index (χ3v) is 5.54. The van der Waals surface area contributed by atoms with Gasteiger partial charge in [0.2, 0.25) is 0 Å². The fourth-order valence-electron chi connectivity index (χ4n) is 4.79. The van der Waals surface area contributed by atoms with E-state index in [-0.39, 0.29) is 11.3 Å². The molecule has 0 bridgehead atoms. The molecule has 2 saturated carbocycles. The number of amides is 3. The summed E-state index contributed by atoms with van der Waals surface area (Å²) in [5.74, 6) is -2.32. The molecule has 6 nitrogen and oxygen atoms in total. The van der Waals surface area contributed by atoms with Crippen LogP contribution >= 0.6 is 0 Å². The van der Waals surface area contributed by atoms with E-state index in [0.717, 1.165) is 6.42 Å². The van der Waals surface area contributed by atoms with Crippen LogP contribution in [0.3, 0.4) is 0 Å². The quantitative estimate of drug-likeness (QED) is 0.591. The number of ether oxygens (including phenoxy) is 1. The van der Waals surface area contributed by atoms with E-state index < -0.39 is 48.2 Å². The van der Waals surface area contributed by atoms with Crippen LogP contribution in [0.2, 0.25) is 0 Å². The summed E-state index contributed by atoms with van der Waals surface area (Å²) in [6, 6.07) is -0.753. The highest BCUT2D eigenvalue weighted by molar-refractivity contribution is 6.08. The minimum Gasteiger partial charge on any atom is -0.451 e. The zero-order valence-corrected chi connectivity index (χ0v) is 15.7. The van der Waals surface area contributed by atoms with Crippen molar-refractivity contribution in [2.24, 2.45) is 17.3 Å². The average Bonchev–Trinajstić information content (AvgIpc) is 3.27. The molecule has 0 radical (unpaired) electrons. The predicted octanol–water partition coefficient (Wildman–Crippen LogP) is 3.01. The number of esters is 1. The molecule has 3 aliphatic rings. The Balaban J connectivity index is 1.69. The zero-order valence-electron chi connectivity index (χ0n) is 15.7. The predicted molar refractivity (Wildman–Crippen MR) is 88.4 cm³/mol. The van der Waals surface area contributed by atoms with Crippen LogP contribution in [0.25, 0.3) is 0 Å². The molecular weight excluding hydrogens is 365 g/mol. The number of halogens is 3. The molecular formula is C18H25F3N2O4. The fraction of sp³-hybridized carbons (Fsp3) is 0.833. The van der Waals surface area contributed by atoms with E-state index in [2.05, 4.69) is 10.1 Å². The van der Waals surface area contributed by atoms with E-state index in [1.54, 1.807) is 0 Å². The molecule has 1 heterocycles. The summed E-state index contributed by atoms with van der Waals surface area (Å²) in [4.78, 5) is 37.9. The lowest BCUT2D eigenvalue weighted by molar-refractivity contribution is -0.226. The van der Waals surface area contributed by atoms with Gasteiger partial charge in [-0.2, -0.15) is 13.2 Å². The second-order valence-electron chi connectivity index (χ2n) is 9.05. The molecule has 0 aromatic carbocycles. The molecule has 1 N–H and O–H groups in total. The van der Waals surface area contributed by atoms with Crippen molar-refractivity contribution in [3.05, 3.63) is 0 Å². The number of nitrogens with one attached hydrogen (secondary N) is 1. The normalized spacial score (nSPS) is 31.8. The first-order valence-electron chi connectivity index (χ1n) is 9.23. The summed E-state index contributed by atoms with van der Waals surface area (Å²) in [6.45, 7) is 5.19. The van der Waals surface area contributed by atoms with Crippen LogP contribution in [0.5, 0.6) is 0 Å². The van der Waals surface area contributed by atoms with Gasteiger partial charge in [0.25, 0.3) is 5.91 Å². The molecule has 3 fully saturated rings. The monoisotopic (exact) mass is 390 g/mol. The molecule has 152 valence electrons. The average molecular weight is 390 g/mol. The fourth-order valence-corrected chi connectivity index (χ4v) is 4.79. The largest absolute Gasteiger partial charge is 0.451 e. The number of hydrogen-bond donors (Lipinski definition) is 1. The van der Waals surface area contributed by atoms with Crippen molar-refractivity contribution in [1.29, 1.82) is 0 Å². The van der Waals surface area contributed by atoms with E-state index >= 15 is 0 Å². The van der Waals surface area contributed by atoms with Gasteiger partial charge >= 0.3 is 18.2 Å². The van der Waals surface area contributed by atoms with E-state index in [4.69, 9.17) is 0 Å². The Morgan fingerprint density at radius 2 is 1.93 bits per heavy atom. The Labute approximate surface area is 155 Å². The van der Waals surface area contributed by atoms with Gasteiger partial charge in [0.05, 0.1) is 0 Å². The van der Waals surface area contributed by atoms with Crippen molar-refractivity contribution in [3.63, 3.8) is 0 Å². The van der Waals surface area contributed by atoms with Crippen LogP contribution in [-0.2, 0) is 14.3 Å².